The molecule has 0 N–H and O–H groups in total. The van der Waals surface area contributed by atoms with Gasteiger partial charge in [-0.05, 0) is 29.3 Å². The molecule has 0 saturated carbocycles. The molecule has 0 bridgehead atoms. The van der Waals surface area contributed by atoms with Crippen LogP contribution in [0.3, 0.4) is 0 Å². The van der Waals surface area contributed by atoms with Crippen molar-refractivity contribution in [1.82, 2.24) is 9.55 Å². The Morgan fingerprint density at radius 3 is 2.39 bits per heavy atom. The van der Waals surface area contributed by atoms with Crippen molar-refractivity contribution >= 4 is 11.0 Å². The van der Waals surface area contributed by atoms with Crippen LogP contribution in [0, 0.1) is 13.3 Å². The molecule has 0 amide bonds. The van der Waals surface area contributed by atoms with Crippen molar-refractivity contribution in [2.75, 3.05) is 0 Å². The van der Waals surface area contributed by atoms with Crippen LogP contribution in [0.4, 0.5) is 0 Å². The molecule has 0 atom stereocenters. The number of hydrogen-bond donors (Lipinski definition) is 0. The van der Waals surface area contributed by atoms with Crippen molar-refractivity contribution in [1.29, 1.82) is 0 Å². The van der Waals surface area contributed by atoms with E-state index in [0.717, 1.165) is 16.7 Å². The minimum absolute atomic E-state index is 0. The molecule has 1 aromatic heterocycles. The number of hydrogen-bond acceptors (Lipinski definition) is 1. The van der Waals surface area contributed by atoms with Crippen molar-refractivity contribution in [3.63, 3.8) is 0 Å². The third-order valence-corrected chi connectivity index (χ3v) is 3.93. The van der Waals surface area contributed by atoms with Crippen molar-refractivity contribution in [3.05, 3.63) is 84.7 Å². The van der Waals surface area contributed by atoms with Gasteiger partial charge in [0.25, 0.3) is 0 Å². The molecule has 0 aliphatic carbocycles. The monoisotopic (exact) mass is 372 g/mol. The van der Waals surface area contributed by atoms with E-state index >= 15 is 0 Å². The van der Waals surface area contributed by atoms with Gasteiger partial charge in [0.2, 0.25) is 0 Å². The zero-order chi connectivity index (χ0) is 14.9. The summed E-state index contributed by atoms with van der Waals surface area (Å²) in [6.07, 6.45) is 3.12. The van der Waals surface area contributed by atoms with E-state index in [0.29, 0.717) is 0 Å². The average Bonchev–Trinajstić information content (AvgIpc) is 3.01. The summed E-state index contributed by atoms with van der Waals surface area (Å²) in [6.45, 7) is 2.08. The summed E-state index contributed by atoms with van der Waals surface area (Å²) in [4.78, 5) is 4.43. The van der Waals surface area contributed by atoms with Crippen LogP contribution in [0.1, 0.15) is 5.56 Å². The number of nitrogens with zero attached hydrogens (tertiary/aromatic N) is 2. The molecule has 0 fully saturated rings. The van der Waals surface area contributed by atoms with Crippen molar-refractivity contribution in [2.24, 2.45) is 0 Å². The molecule has 109 valence electrons. The molecule has 3 heteroatoms. The molecule has 2 nitrogen and oxygen atoms in total. The molecule has 0 saturated heterocycles. The fourth-order valence-corrected chi connectivity index (χ4v) is 2.78. The molecule has 1 radical (unpaired) electrons. The molecule has 3 aromatic carbocycles. The minimum atomic E-state index is 0. The van der Waals surface area contributed by atoms with Crippen LogP contribution in [0.25, 0.3) is 27.8 Å². The Hall–Kier alpha value is -1.77. The van der Waals surface area contributed by atoms with Crippen molar-refractivity contribution < 1.29 is 32.7 Å². The topological polar surface area (TPSA) is 17.8 Å². The van der Waals surface area contributed by atoms with Gasteiger partial charge in [0.05, 0.1) is 0 Å². The molecule has 1 heterocycles. The summed E-state index contributed by atoms with van der Waals surface area (Å²) in [5.41, 5.74) is 6.75. The Morgan fingerprint density at radius 2 is 1.57 bits per heavy atom. The van der Waals surface area contributed by atoms with E-state index in [-0.39, 0.29) is 32.7 Å². The molecule has 23 heavy (non-hydrogen) atoms. The van der Waals surface area contributed by atoms with Crippen LogP contribution < -0.4 is 0 Å². The van der Waals surface area contributed by atoms with E-state index in [4.69, 9.17) is 0 Å². The van der Waals surface area contributed by atoms with Gasteiger partial charge in [-0.3, -0.25) is 0 Å². The molecular weight excluding hydrogens is 357 g/mol. The van der Waals surface area contributed by atoms with E-state index in [1.54, 1.807) is 0 Å². The average molecular weight is 372 g/mol. The largest absolute Gasteiger partial charge is 0.426 e. The first-order chi connectivity index (χ1) is 10.8. The summed E-state index contributed by atoms with van der Waals surface area (Å²) in [5, 5.41) is 0. The standard InChI is InChI=1S/C20H15N2.Y/c1-15-7-5-12-19-20(15)21-14-22(19)18-11-6-10-17(13-18)16-8-3-2-4-9-16;/h2-13H,1H3;/q-1;. The summed E-state index contributed by atoms with van der Waals surface area (Å²) in [7, 11) is 0. The van der Waals surface area contributed by atoms with Crippen molar-refractivity contribution in [3.8, 4) is 16.8 Å². The van der Waals surface area contributed by atoms with E-state index < -0.39 is 0 Å². The second kappa shape index (κ2) is 6.78. The molecular formula is C20H15N2Y-. The van der Waals surface area contributed by atoms with Crippen LogP contribution in [0.2, 0.25) is 0 Å². The number of aromatic nitrogens is 2. The second-order valence-corrected chi connectivity index (χ2v) is 5.41. The molecule has 0 spiro atoms. The van der Waals surface area contributed by atoms with Crippen LogP contribution >= 0.6 is 0 Å². The van der Waals surface area contributed by atoms with Gasteiger partial charge in [-0.25, -0.2) is 0 Å². The number of rotatable bonds is 2. The van der Waals surface area contributed by atoms with Gasteiger partial charge in [0.1, 0.15) is 0 Å². The maximum atomic E-state index is 4.43. The van der Waals surface area contributed by atoms with Gasteiger partial charge >= 0.3 is 0 Å². The van der Waals surface area contributed by atoms with Crippen LogP contribution in [-0.2, 0) is 32.7 Å². The number of imidazole rings is 1. The van der Waals surface area contributed by atoms with E-state index in [1.165, 1.54) is 16.7 Å². The van der Waals surface area contributed by atoms with E-state index in [1.807, 2.05) is 10.6 Å². The summed E-state index contributed by atoms with van der Waals surface area (Å²) in [5.74, 6) is 0. The number of aryl methyl sites for hydroxylation is 1. The van der Waals surface area contributed by atoms with Gasteiger partial charge in [-0.15, -0.1) is 0 Å². The Balaban J connectivity index is 0.00000156. The maximum absolute atomic E-state index is 4.43. The Kier molecular flexibility index (Phi) is 4.75. The Labute approximate surface area is 161 Å². The first-order valence-electron chi connectivity index (χ1n) is 7.34. The third-order valence-electron chi connectivity index (χ3n) is 3.93. The van der Waals surface area contributed by atoms with Crippen molar-refractivity contribution in [2.45, 2.75) is 6.92 Å². The Bertz CT molecular complexity index is 942. The van der Waals surface area contributed by atoms with E-state index in [9.17, 15) is 0 Å². The first kappa shape index (κ1) is 16.1. The smallest absolute Gasteiger partial charge is 0.0418 e. The first-order valence-corrected chi connectivity index (χ1v) is 7.34. The number of para-hydroxylation sites is 1. The summed E-state index contributed by atoms with van der Waals surface area (Å²) >= 11 is 0. The van der Waals surface area contributed by atoms with E-state index in [2.05, 4.69) is 85.0 Å². The summed E-state index contributed by atoms with van der Waals surface area (Å²) < 4.78 is 2.02. The number of fused-ring (bicyclic) bond motifs is 1. The molecule has 4 aromatic rings. The van der Waals surface area contributed by atoms with Gasteiger partial charge in [-0.1, -0.05) is 83.9 Å². The minimum Gasteiger partial charge on any atom is -0.426 e. The van der Waals surface area contributed by atoms with Gasteiger partial charge in [0, 0.05) is 39.0 Å². The van der Waals surface area contributed by atoms with Crippen LogP contribution in [0.15, 0.2) is 72.8 Å². The van der Waals surface area contributed by atoms with Gasteiger partial charge in [-0.2, -0.15) is 0 Å². The zero-order valence-electron chi connectivity index (χ0n) is 12.9. The molecule has 0 unspecified atom stereocenters. The quantitative estimate of drug-likeness (QED) is 0.462. The second-order valence-electron chi connectivity index (χ2n) is 5.41. The Morgan fingerprint density at radius 1 is 0.826 bits per heavy atom. The maximum Gasteiger partial charge on any atom is 0.0418 e. The predicted molar refractivity (Wildman–Crippen MR) is 90.1 cm³/mol. The van der Waals surface area contributed by atoms with Gasteiger partial charge in [0.15, 0.2) is 0 Å². The zero-order valence-corrected chi connectivity index (χ0v) is 15.7. The molecule has 4 rings (SSSR count). The predicted octanol–water partition coefficient (Wildman–Crippen LogP) is 4.80. The van der Waals surface area contributed by atoms with Gasteiger partial charge < -0.3 is 9.55 Å². The third kappa shape index (κ3) is 3.02. The van der Waals surface area contributed by atoms with Crippen LogP contribution in [0.5, 0.6) is 0 Å². The fraction of sp³-hybridized carbons (Fsp3) is 0.0500. The molecule has 0 aliphatic rings. The normalized spacial score (nSPS) is 10.5. The number of benzene rings is 3. The SMILES string of the molecule is Cc1cccc2c1n[c-]n2-c1cccc(-c2ccccc2)c1.[Y]. The molecule has 0 aliphatic heterocycles. The summed E-state index contributed by atoms with van der Waals surface area (Å²) in [6, 6.07) is 25.1. The fourth-order valence-electron chi connectivity index (χ4n) is 2.78. The van der Waals surface area contributed by atoms with Crippen LogP contribution in [-0.4, -0.2) is 9.55 Å².